The van der Waals surface area contributed by atoms with Crippen molar-refractivity contribution in [1.82, 2.24) is 21.3 Å². The van der Waals surface area contributed by atoms with Crippen molar-refractivity contribution in [2.45, 2.75) is 117 Å². The number of aliphatic carboxylic acids is 4. The van der Waals surface area contributed by atoms with Gasteiger partial charge in [0.05, 0.1) is 103 Å². The predicted octanol–water partition coefficient (Wildman–Crippen LogP) is 3.70. The average Bonchev–Trinajstić information content (AvgIpc) is 2.38. The van der Waals surface area contributed by atoms with E-state index in [1.807, 2.05) is 30.3 Å². The second-order valence-electron chi connectivity index (χ2n) is 22.8. The lowest BCUT2D eigenvalue weighted by Gasteiger charge is -2.29. The largest absolute Gasteiger partial charge is 0.481 e. The zero-order valence-corrected chi connectivity index (χ0v) is 51.8. The van der Waals surface area contributed by atoms with Crippen LogP contribution in [0.2, 0.25) is 0 Å². The van der Waals surface area contributed by atoms with E-state index in [0.717, 1.165) is 33.4 Å². The summed E-state index contributed by atoms with van der Waals surface area (Å²) in [7, 11) is 0. The van der Waals surface area contributed by atoms with Gasteiger partial charge in [0.25, 0.3) is 0 Å². The fourth-order valence-electron chi connectivity index (χ4n) is 10.7. The molecule has 2 aromatic rings. The molecule has 0 fully saturated rings. The van der Waals surface area contributed by atoms with Crippen LogP contribution < -0.4 is 32.7 Å². The maximum atomic E-state index is 14.5. The standard InChI is InChI=1S/C63H100N6O18/c1-41(57(71)67-17-23-85-31-30-84-22-16-66-45(5)70)32-54(58(72)68-18-24-86-28-26-82-20-14-64)39-55(59(73)69-19-25-87-29-27-83-21-15-65)40-56(63(80)81)38-53(35-44(4)62(78)79)51-13-9-47-6-10-48-36-50(12-8-46(48)7-11-49(47)37-51)52(33-42(2)60(74)75)34-43(3)61(76)77/h8-9,12-13,36-37,41-44,52-56H,6-7,10-11,14-35,38-40,64-65H2,1-5H3,(H,66,70)(H,67,71)(H,68,72)(H,69,73)(H,74,75)(H,76,77)(H,78,79)(H,80,81). The van der Waals surface area contributed by atoms with Crippen molar-refractivity contribution < 1.29 is 87.2 Å². The number of carbonyl (C=O) groups is 8. The molecule has 0 saturated heterocycles. The van der Waals surface area contributed by atoms with E-state index in [1.54, 1.807) is 27.7 Å². The Kier molecular flexibility index (Phi) is 36.9. The molecule has 0 spiro atoms. The van der Waals surface area contributed by atoms with Crippen LogP contribution in [-0.4, -0.2) is 186 Å². The molecule has 0 aromatic heterocycles. The lowest BCUT2D eigenvalue weighted by Crippen LogP contribution is -2.41. The minimum absolute atomic E-state index is 0.0138. The summed E-state index contributed by atoms with van der Waals surface area (Å²) in [5, 5.41) is 52.0. The fraction of sp³-hybridized carbons (Fsp3) is 0.683. The van der Waals surface area contributed by atoms with Crippen LogP contribution in [0.1, 0.15) is 125 Å². The second-order valence-corrected chi connectivity index (χ2v) is 22.8. The molecular formula is C63H100N6O18. The number of carboxylic acids is 4. The highest BCUT2D eigenvalue weighted by Gasteiger charge is 2.36. The third-order valence-corrected chi connectivity index (χ3v) is 15.7. The Morgan fingerprint density at radius 2 is 0.724 bits per heavy atom. The maximum absolute atomic E-state index is 14.5. The van der Waals surface area contributed by atoms with Gasteiger partial charge < -0.3 is 81.6 Å². The zero-order chi connectivity index (χ0) is 64.1. The van der Waals surface area contributed by atoms with Gasteiger partial charge in [-0.2, -0.15) is 0 Å². The number of aryl methyl sites for hydroxylation is 4. The van der Waals surface area contributed by atoms with Gasteiger partial charge in [-0.1, -0.05) is 64.1 Å². The van der Waals surface area contributed by atoms with Crippen molar-refractivity contribution in [3.05, 3.63) is 69.8 Å². The van der Waals surface area contributed by atoms with Gasteiger partial charge in [0.1, 0.15) is 0 Å². The van der Waals surface area contributed by atoms with Crippen LogP contribution in [-0.2, 0) is 92.5 Å². The number of nitrogens with two attached hydrogens (primary N) is 2. The molecule has 0 aliphatic heterocycles. The third kappa shape index (κ3) is 30.1. The molecule has 8 atom stereocenters. The van der Waals surface area contributed by atoms with E-state index < -0.39 is 83.0 Å². The van der Waals surface area contributed by atoms with Crippen LogP contribution in [0.15, 0.2) is 36.4 Å². The monoisotopic (exact) mass is 1230 g/mol. The van der Waals surface area contributed by atoms with Crippen LogP contribution in [0.4, 0.5) is 0 Å². The summed E-state index contributed by atoms with van der Waals surface area (Å²) in [6, 6.07) is 12.1. The highest BCUT2D eigenvalue weighted by atomic mass is 16.5. The van der Waals surface area contributed by atoms with Gasteiger partial charge in [0.15, 0.2) is 0 Å². The van der Waals surface area contributed by atoms with Crippen LogP contribution in [0.3, 0.4) is 0 Å². The number of nitrogens with one attached hydrogen (secondary N) is 4. The van der Waals surface area contributed by atoms with E-state index in [9.17, 15) is 58.8 Å². The van der Waals surface area contributed by atoms with Crippen LogP contribution in [0, 0.1) is 41.4 Å². The Bertz CT molecular complexity index is 2410. The topological polar surface area (TPSA) is 373 Å². The van der Waals surface area contributed by atoms with Gasteiger partial charge in [-0.25, -0.2) is 0 Å². The number of hydrogen-bond acceptors (Lipinski definition) is 16. The molecule has 3 rings (SSSR count). The number of fused-ring (bicyclic) bond motifs is 2. The summed E-state index contributed by atoms with van der Waals surface area (Å²) in [5.41, 5.74) is 17.0. The predicted molar refractivity (Wildman–Crippen MR) is 324 cm³/mol. The molecule has 0 bridgehead atoms. The van der Waals surface area contributed by atoms with Crippen molar-refractivity contribution in [2.75, 3.05) is 119 Å². The van der Waals surface area contributed by atoms with Crippen LogP contribution in [0.25, 0.3) is 0 Å². The molecule has 12 N–H and O–H groups in total. The minimum atomic E-state index is -1.21. The first kappa shape index (κ1) is 75.1. The van der Waals surface area contributed by atoms with Crippen molar-refractivity contribution >= 4 is 47.5 Å². The minimum Gasteiger partial charge on any atom is -0.481 e. The van der Waals surface area contributed by atoms with Gasteiger partial charge >= 0.3 is 23.9 Å². The van der Waals surface area contributed by atoms with Gasteiger partial charge in [-0.15, -0.1) is 0 Å². The summed E-state index contributed by atoms with van der Waals surface area (Å²) in [6.07, 6.45) is 2.80. The van der Waals surface area contributed by atoms with E-state index in [1.165, 1.54) is 6.92 Å². The quantitative estimate of drug-likeness (QED) is 0.0422. The highest BCUT2D eigenvalue weighted by molar-refractivity contribution is 5.84. The number of ether oxygens (including phenoxy) is 6. The molecule has 490 valence electrons. The molecule has 24 nitrogen and oxygen atoms in total. The molecular weight excluding hydrogens is 1130 g/mol. The number of benzene rings is 2. The van der Waals surface area contributed by atoms with E-state index in [4.69, 9.17) is 39.9 Å². The molecule has 24 heteroatoms. The van der Waals surface area contributed by atoms with Crippen LogP contribution in [0.5, 0.6) is 0 Å². The summed E-state index contributed by atoms with van der Waals surface area (Å²) < 4.78 is 33.1. The van der Waals surface area contributed by atoms with Crippen molar-refractivity contribution in [3.63, 3.8) is 0 Å². The number of carbonyl (C=O) groups excluding carboxylic acids is 4. The second kappa shape index (κ2) is 42.7. The Hall–Kier alpha value is -6.12. The molecule has 1 aliphatic carbocycles. The Balaban J connectivity index is 1.95. The SMILES string of the molecule is CC(=O)NCCOCCOCCNC(=O)C(C)CC(CC(CC(CC(CC(C)C(=O)O)c1ccc2c(c1)CCc1ccc(C(CC(C)C(=O)O)CC(C)C(=O)O)cc1CC2)C(=O)O)C(=O)NCCOCCOCCN)C(=O)NCCOCCOCCN. The number of hydrogen-bond donors (Lipinski definition) is 10. The van der Waals surface area contributed by atoms with Crippen molar-refractivity contribution in [3.8, 4) is 0 Å². The average molecular weight is 1230 g/mol. The molecule has 0 radical (unpaired) electrons. The molecule has 4 amide bonds. The normalized spacial score (nSPS) is 15.3. The summed E-state index contributed by atoms with van der Waals surface area (Å²) in [4.78, 5) is 103. The number of amides is 4. The van der Waals surface area contributed by atoms with E-state index in [2.05, 4.69) is 27.3 Å². The first-order valence-corrected chi connectivity index (χ1v) is 30.7. The summed E-state index contributed by atoms with van der Waals surface area (Å²) in [6.45, 7) is 12.3. The zero-order valence-electron chi connectivity index (χ0n) is 51.8. The summed E-state index contributed by atoms with van der Waals surface area (Å²) in [5.74, 6) is -12.8. The Morgan fingerprint density at radius 1 is 0.391 bits per heavy atom. The van der Waals surface area contributed by atoms with Gasteiger partial charge in [0.2, 0.25) is 23.6 Å². The molecule has 0 saturated carbocycles. The van der Waals surface area contributed by atoms with E-state index >= 15 is 0 Å². The molecule has 0 heterocycles. The van der Waals surface area contributed by atoms with Crippen molar-refractivity contribution in [2.24, 2.45) is 52.9 Å². The maximum Gasteiger partial charge on any atom is 0.306 e. The lowest BCUT2D eigenvalue weighted by atomic mass is 9.76. The molecule has 1 aliphatic rings. The molecule has 8 unspecified atom stereocenters. The number of carboxylic acid groups (broad SMARTS) is 4. The van der Waals surface area contributed by atoms with Gasteiger partial charge in [0, 0.05) is 63.9 Å². The summed E-state index contributed by atoms with van der Waals surface area (Å²) >= 11 is 0. The lowest BCUT2D eigenvalue weighted by molar-refractivity contribution is -0.144. The van der Waals surface area contributed by atoms with Crippen LogP contribution >= 0.6 is 0 Å². The van der Waals surface area contributed by atoms with Crippen molar-refractivity contribution in [1.29, 1.82) is 0 Å². The molecule has 2 aromatic carbocycles. The molecule has 87 heavy (non-hydrogen) atoms. The highest BCUT2D eigenvalue weighted by Crippen LogP contribution is 2.38. The Labute approximate surface area is 512 Å². The number of rotatable bonds is 48. The smallest absolute Gasteiger partial charge is 0.306 e. The third-order valence-electron chi connectivity index (χ3n) is 15.7. The Morgan fingerprint density at radius 3 is 1.09 bits per heavy atom. The van der Waals surface area contributed by atoms with E-state index in [0.29, 0.717) is 84.6 Å². The first-order valence-electron chi connectivity index (χ1n) is 30.7. The first-order chi connectivity index (χ1) is 41.6. The van der Waals surface area contributed by atoms with Gasteiger partial charge in [-0.3, -0.25) is 38.4 Å². The van der Waals surface area contributed by atoms with E-state index in [-0.39, 0.29) is 122 Å². The van der Waals surface area contributed by atoms with Gasteiger partial charge in [-0.05, 0) is 116 Å². The fourth-order valence-corrected chi connectivity index (χ4v) is 10.7.